The van der Waals surface area contributed by atoms with Crippen LogP contribution in [0, 0.1) is 0 Å². The van der Waals surface area contributed by atoms with Crippen molar-refractivity contribution in [2.24, 2.45) is 0 Å². The van der Waals surface area contributed by atoms with E-state index in [9.17, 15) is 14.4 Å². The summed E-state index contributed by atoms with van der Waals surface area (Å²) in [5.74, 6) is -1.62. The molecule has 2 aromatic carbocycles. The highest BCUT2D eigenvalue weighted by Gasteiger charge is 2.33. The molecular weight excluding hydrogens is 448 g/mol. The number of nitrogens with one attached hydrogen (secondary N) is 2. The average molecular weight is 483 g/mol. The van der Waals surface area contributed by atoms with Crippen LogP contribution in [0.25, 0.3) is 11.1 Å². The molecule has 0 aromatic heterocycles. The molecule has 8 heteroatoms. The van der Waals surface area contributed by atoms with E-state index in [1.807, 2.05) is 24.3 Å². The lowest BCUT2D eigenvalue weighted by Crippen LogP contribution is -2.54. The minimum atomic E-state index is -1.65. The molecule has 0 spiro atoms. The normalized spacial score (nSPS) is 13.9. The zero-order chi connectivity index (χ0) is 25.3. The average Bonchev–Trinajstić information content (AvgIpc) is 3.17. The van der Waals surface area contributed by atoms with Crippen LogP contribution in [0.3, 0.4) is 0 Å². The lowest BCUT2D eigenvalue weighted by Gasteiger charge is -2.23. The summed E-state index contributed by atoms with van der Waals surface area (Å²) in [7, 11) is 0. The van der Waals surface area contributed by atoms with Gasteiger partial charge in [-0.1, -0.05) is 67.8 Å². The number of unbranched alkanes of at least 4 members (excludes halogenated alkanes) is 4. The molecule has 8 nitrogen and oxygen atoms in total. The second kappa shape index (κ2) is 12.4. The van der Waals surface area contributed by atoms with Crippen LogP contribution < -0.4 is 10.6 Å². The molecule has 0 aliphatic heterocycles. The number of fused-ring (bicyclic) bond motifs is 3. The van der Waals surface area contributed by atoms with Gasteiger partial charge in [-0.05, 0) is 42.0 Å². The van der Waals surface area contributed by atoms with Crippen LogP contribution >= 0.6 is 0 Å². The molecule has 35 heavy (non-hydrogen) atoms. The Morgan fingerprint density at radius 1 is 0.914 bits per heavy atom. The largest absolute Gasteiger partial charge is 0.479 e. The zero-order valence-electron chi connectivity index (χ0n) is 20.1. The number of carboxylic acids is 1. The molecule has 0 bridgehead atoms. The van der Waals surface area contributed by atoms with Crippen LogP contribution in [0.2, 0.25) is 0 Å². The van der Waals surface area contributed by atoms with Gasteiger partial charge in [0.2, 0.25) is 5.91 Å². The first-order valence-electron chi connectivity index (χ1n) is 12.1. The zero-order valence-corrected chi connectivity index (χ0v) is 20.1. The summed E-state index contributed by atoms with van der Waals surface area (Å²) < 4.78 is 5.52. The molecule has 188 valence electrons. The predicted molar refractivity (Wildman–Crippen MR) is 132 cm³/mol. The van der Waals surface area contributed by atoms with E-state index in [1.54, 1.807) is 0 Å². The third-order valence-electron chi connectivity index (χ3n) is 6.40. The molecule has 0 saturated heterocycles. The molecule has 2 amide bonds. The van der Waals surface area contributed by atoms with Crippen LogP contribution in [0.5, 0.6) is 0 Å². The SMILES string of the molecule is CC(CO)(NC(=O)CCCCCCCNC(=O)OCC1c2ccccc2-c2ccccc21)C(=O)O. The Bertz CT molecular complexity index is 994. The van der Waals surface area contributed by atoms with Crippen LogP contribution in [-0.2, 0) is 14.3 Å². The highest BCUT2D eigenvalue weighted by molar-refractivity contribution is 5.86. The second-order valence-corrected chi connectivity index (χ2v) is 9.11. The fourth-order valence-electron chi connectivity index (χ4n) is 4.31. The number of carbonyl (C=O) groups is 3. The standard InChI is InChI=1S/C27H34N2O6/c1-27(18-30,25(32)33)29-24(31)15-5-3-2-4-10-16-28-26(34)35-17-23-21-13-8-6-11-19(21)20-12-7-9-14-22(20)23/h6-9,11-14,23,30H,2-5,10,15-18H2,1H3,(H,28,34)(H,29,31)(H,32,33). The molecule has 1 aliphatic carbocycles. The van der Waals surface area contributed by atoms with Crippen molar-refractivity contribution in [3.63, 3.8) is 0 Å². The molecule has 1 aliphatic rings. The van der Waals surface area contributed by atoms with Gasteiger partial charge in [0, 0.05) is 18.9 Å². The number of benzene rings is 2. The number of hydrogen-bond donors (Lipinski definition) is 4. The maximum absolute atomic E-state index is 12.2. The first-order chi connectivity index (χ1) is 16.9. The molecule has 1 unspecified atom stereocenters. The summed E-state index contributed by atoms with van der Waals surface area (Å²) in [6, 6.07) is 16.4. The number of ether oxygens (including phenoxy) is 1. The molecule has 2 aromatic rings. The topological polar surface area (TPSA) is 125 Å². The van der Waals surface area contributed by atoms with E-state index in [2.05, 4.69) is 34.9 Å². The summed E-state index contributed by atoms with van der Waals surface area (Å²) in [6.45, 7) is 1.42. The Morgan fingerprint density at radius 3 is 2.09 bits per heavy atom. The fraction of sp³-hybridized carbons (Fsp3) is 0.444. The lowest BCUT2D eigenvalue weighted by molar-refractivity contribution is -0.148. The number of rotatable bonds is 13. The molecule has 4 N–H and O–H groups in total. The van der Waals surface area contributed by atoms with Gasteiger partial charge >= 0.3 is 12.1 Å². The van der Waals surface area contributed by atoms with Crippen molar-refractivity contribution in [2.45, 2.75) is 56.9 Å². The number of aliphatic hydroxyl groups is 1. The summed E-state index contributed by atoms with van der Waals surface area (Å²) >= 11 is 0. The van der Waals surface area contributed by atoms with E-state index in [1.165, 1.54) is 29.2 Å². The smallest absolute Gasteiger partial charge is 0.407 e. The first kappa shape index (κ1) is 26.2. The van der Waals surface area contributed by atoms with Gasteiger partial charge in [0.15, 0.2) is 5.54 Å². The maximum atomic E-state index is 12.2. The Balaban J connectivity index is 1.28. The summed E-state index contributed by atoms with van der Waals surface area (Å²) in [5.41, 5.74) is 3.10. The third-order valence-corrected chi connectivity index (χ3v) is 6.40. The maximum Gasteiger partial charge on any atom is 0.407 e. The van der Waals surface area contributed by atoms with E-state index in [-0.39, 0.29) is 18.2 Å². The number of carbonyl (C=O) groups excluding carboxylic acids is 2. The van der Waals surface area contributed by atoms with Gasteiger partial charge in [-0.2, -0.15) is 0 Å². The Labute approximate surface area is 205 Å². The summed E-state index contributed by atoms with van der Waals surface area (Å²) in [5, 5.41) is 23.4. The van der Waals surface area contributed by atoms with Gasteiger partial charge in [-0.3, -0.25) is 4.79 Å². The van der Waals surface area contributed by atoms with Gasteiger partial charge < -0.3 is 25.6 Å². The molecule has 0 radical (unpaired) electrons. The molecule has 0 fully saturated rings. The molecule has 1 atom stereocenters. The van der Waals surface area contributed by atoms with E-state index in [0.29, 0.717) is 19.6 Å². The quantitative estimate of drug-likeness (QED) is 0.322. The van der Waals surface area contributed by atoms with Crippen LogP contribution in [0.15, 0.2) is 48.5 Å². The van der Waals surface area contributed by atoms with E-state index in [0.717, 1.165) is 25.7 Å². The van der Waals surface area contributed by atoms with Crippen molar-refractivity contribution in [1.29, 1.82) is 0 Å². The van der Waals surface area contributed by atoms with Crippen LogP contribution in [0.1, 0.15) is 62.5 Å². The molecular formula is C27H34N2O6. The Hall–Kier alpha value is -3.39. The number of aliphatic carboxylic acids is 1. The van der Waals surface area contributed by atoms with Crippen molar-refractivity contribution in [3.05, 3.63) is 59.7 Å². The number of alkyl carbamates (subject to hydrolysis) is 1. The van der Waals surface area contributed by atoms with E-state index >= 15 is 0 Å². The second-order valence-electron chi connectivity index (χ2n) is 9.11. The lowest BCUT2D eigenvalue weighted by atomic mass is 9.98. The van der Waals surface area contributed by atoms with Gasteiger partial charge in [-0.25, -0.2) is 9.59 Å². The van der Waals surface area contributed by atoms with Gasteiger partial charge in [-0.15, -0.1) is 0 Å². The highest BCUT2D eigenvalue weighted by Crippen LogP contribution is 2.44. The van der Waals surface area contributed by atoms with E-state index in [4.69, 9.17) is 14.9 Å². The third kappa shape index (κ3) is 6.82. The van der Waals surface area contributed by atoms with Gasteiger partial charge in [0.05, 0.1) is 6.61 Å². The van der Waals surface area contributed by atoms with Gasteiger partial charge in [0.1, 0.15) is 6.61 Å². The van der Waals surface area contributed by atoms with Crippen LogP contribution in [0.4, 0.5) is 4.79 Å². The number of aliphatic hydroxyl groups excluding tert-OH is 1. The minimum absolute atomic E-state index is 0.0380. The number of hydrogen-bond acceptors (Lipinski definition) is 5. The van der Waals surface area contributed by atoms with Crippen LogP contribution in [-0.4, -0.2) is 53.5 Å². The van der Waals surface area contributed by atoms with Crippen molar-refractivity contribution in [3.8, 4) is 11.1 Å². The van der Waals surface area contributed by atoms with E-state index < -0.39 is 24.2 Å². The number of carboxylic acid groups (broad SMARTS) is 1. The van der Waals surface area contributed by atoms with Crippen molar-refractivity contribution in [2.75, 3.05) is 19.8 Å². The van der Waals surface area contributed by atoms with Crippen molar-refractivity contribution >= 4 is 18.0 Å². The predicted octanol–water partition coefficient (Wildman–Crippen LogP) is 3.82. The highest BCUT2D eigenvalue weighted by atomic mass is 16.5. The summed E-state index contributed by atoms with van der Waals surface area (Å²) in [6.07, 6.45) is 3.84. The first-order valence-corrected chi connectivity index (χ1v) is 12.1. The summed E-state index contributed by atoms with van der Waals surface area (Å²) in [4.78, 5) is 35.2. The Morgan fingerprint density at radius 2 is 1.49 bits per heavy atom. The monoisotopic (exact) mass is 482 g/mol. The van der Waals surface area contributed by atoms with Crippen molar-refractivity contribution < 1.29 is 29.3 Å². The minimum Gasteiger partial charge on any atom is -0.479 e. The Kier molecular flexibility index (Phi) is 9.25. The number of amides is 2. The van der Waals surface area contributed by atoms with Gasteiger partial charge in [0.25, 0.3) is 0 Å². The molecule has 3 rings (SSSR count). The fourth-order valence-corrected chi connectivity index (χ4v) is 4.31. The molecule has 0 heterocycles. The van der Waals surface area contributed by atoms with Crippen molar-refractivity contribution in [1.82, 2.24) is 10.6 Å². The molecule has 0 saturated carbocycles.